The lowest BCUT2D eigenvalue weighted by Gasteiger charge is -2.11. The molecule has 4 aromatic rings. The topological polar surface area (TPSA) is 100 Å². The van der Waals surface area contributed by atoms with E-state index in [0.717, 1.165) is 16.8 Å². The van der Waals surface area contributed by atoms with Gasteiger partial charge in [0, 0.05) is 11.9 Å². The molecule has 4 rings (SSSR count). The minimum atomic E-state index is -0.812. The second-order valence-electron chi connectivity index (χ2n) is 5.68. The van der Waals surface area contributed by atoms with Gasteiger partial charge in [-0.25, -0.2) is 9.78 Å². The number of aromatic nitrogens is 3. The Morgan fingerprint density at radius 1 is 0.962 bits per heavy atom. The fraction of sp³-hybridized carbons (Fsp3) is 0. The molecule has 0 atom stereocenters. The molecule has 2 aromatic heterocycles. The fourth-order valence-electron chi connectivity index (χ4n) is 2.71. The van der Waals surface area contributed by atoms with Gasteiger partial charge in [-0.15, -0.1) is 4.73 Å². The number of phenolic OH excluding ortho intramolecular Hbond substituents is 1. The Balaban J connectivity index is 1.76. The number of benzene rings is 2. The maximum atomic E-state index is 11.9. The zero-order valence-electron chi connectivity index (χ0n) is 13.5. The number of nitrogens with one attached hydrogen (secondary N) is 1. The van der Waals surface area contributed by atoms with Gasteiger partial charge in [-0.1, -0.05) is 24.3 Å². The van der Waals surface area contributed by atoms with E-state index in [9.17, 15) is 15.1 Å². The van der Waals surface area contributed by atoms with Gasteiger partial charge in [0.1, 0.15) is 11.6 Å². The van der Waals surface area contributed by atoms with Gasteiger partial charge in [-0.3, -0.25) is 0 Å². The normalized spacial score (nSPS) is 10.8. The molecule has 7 heteroatoms. The summed E-state index contributed by atoms with van der Waals surface area (Å²) in [6.07, 6.45) is 1.49. The Morgan fingerprint density at radius 2 is 1.77 bits per heavy atom. The predicted octanol–water partition coefficient (Wildman–Crippen LogP) is 3.15. The fourth-order valence-corrected chi connectivity index (χ4v) is 2.71. The van der Waals surface area contributed by atoms with Crippen LogP contribution in [0.25, 0.3) is 22.2 Å². The van der Waals surface area contributed by atoms with Crippen molar-refractivity contribution in [3.8, 4) is 16.9 Å². The van der Waals surface area contributed by atoms with Crippen LogP contribution in [0.4, 0.5) is 11.5 Å². The van der Waals surface area contributed by atoms with Crippen molar-refractivity contribution in [1.82, 2.24) is 14.7 Å². The first-order valence-electron chi connectivity index (χ1n) is 7.85. The Kier molecular flexibility index (Phi) is 3.74. The highest BCUT2D eigenvalue weighted by molar-refractivity contribution is 5.88. The van der Waals surface area contributed by atoms with Gasteiger partial charge in [0.2, 0.25) is 0 Å². The molecular weight excluding hydrogens is 332 g/mol. The zero-order chi connectivity index (χ0) is 18.1. The second-order valence-corrected chi connectivity index (χ2v) is 5.68. The van der Waals surface area contributed by atoms with Gasteiger partial charge in [0.25, 0.3) is 0 Å². The highest BCUT2D eigenvalue weighted by atomic mass is 16.5. The van der Waals surface area contributed by atoms with E-state index in [1.165, 1.54) is 6.20 Å². The van der Waals surface area contributed by atoms with Crippen molar-refractivity contribution in [1.29, 1.82) is 0 Å². The molecule has 0 bridgehead atoms. The maximum Gasteiger partial charge on any atom is 0.384 e. The van der Waals surface area contributed by atoms with Crippen LogP contribution in [0.2, 0.25) is 0 Å². The third kappa shape index (κ3) is 2.82. The first kappa shape index (κ1) is 15.6. The maximum absolute atomic E-state index is 11.9. The van der Waals surface area contributed by atoms with Gasteiger partial charge >= 0.3 is 5.69 Å². The molecule has 0 aliphatic carbocycles. The molecule has 0 spiro atoms. The number of aromatic hydroxyl groups is 1. The summed E-state index contributed by atoms with van der Waals surface area (Å²) < 4.78 is 0.424. The number of anilines is 2. The predicted molar refractivity (Wildman–Crippen MR) is 97.8 cm³/mol. The standard InChI is InChI=1S/C19H14N4O3/c24-15-8-6-12(7-9-15)13-3-1-4-14(11-13)21-17-16-5-2-10-20-18(16)23(26)19(25)22-17/h1-11,24,26H,(H,21,22,25). The van der Waals surface area contributed by atoms with E-state index in [-0.39, 0.29) is 11.4 Å². The van der Waals surface area contributed by atoms with E-state index in [1.807, 2.05) is 36.4 Å². The molecule has 0 fully saturated rings. The lowest BCUT2D eigenvalue weighted by atomic mass is 10.1. The number of rotatable bonds is 3. The molecule has 2 aromatic carbocycles. The van der Waals surface area contributed by atoms with Crippen LogP contribution in [-0.2, 0) is 0 Å². The quantitative estimate of drug-likeness (QED) is 0.493. The monoisotopic (exact) mass is 346 g/mol. The summed E-state index contributed by atoms with van der Waals surface area (Å²) in [7, 11) is 0. The van der Waals surface area contributed by atoms with Gasteiger partial charge < -0.3 is 15.6 Å². The zero-order valence-corrected chi connectivity index (χ0v) is 13.5. The molecular formula is C19H14N4O3. The van der Waals surface area contributed by atoms with Crippen LogP contribution in [0.15, 0.2) is 71.7 Å². The molecule has 0 aliphatic rings. The Morgan fingerprint density at radius 3 is 2.58 bits per heavy atom. The smallest absolute Gasteiger partial charge is 0.384 e. The molecule has 7 nitrogen and oxygen atoms in total. The summed E-state index contributed by atoms with van der Waals surface area (Å²) in [4.78, 5) is 19.8. The molecule has 0 saturated carbocycles. The minimum absolute atomic E-state index is 0.129. The van der Waals surface area contributed by atoms with E-state index in [4.69, 9.17) is 0 Å². The van der Waals surface area contributed by atoms with Crippen molar-refractivity contribution in [3.05, 3.63) is 77.3 Å². The van der Waals surface area contributed by atoms with Crippen molar-refractivity contribution in [2.24, 2.45) is 0 Å². The van der Waals surface area contributed by atoms with E-state index in [1.54, 1.807) is 24.3 Å². The van der Waals surface area contributed by atoms with Crippen LogP contribution in [-0.4, -0.2) is 25.0 Å². The summed E-state index contributed by atoms with van der Waals surface area (Å²) in [6, 6.07) is 17.9. The van der Waals surface area contributed by atoms with Crippen LogP contribution < -0.4 is 11.0 Å². The first-order chi connectivity index (χ1) is 12.6. The van der Waals surface area contributed by atoms with Crippen molar-refractivity contribution in [3.63, 3.8) is 0 Å². The second kappa shape index (κ2) is 6.21. The number of hydrogen-bond donors (Lipinski definition) is 3. The number of phenols is 1. The molecule has 0 unspecified atom stereocenters. The van der Waals surface area contributed by atoms with Crippen LogP contribution in [0.5, 0.6) is 5.75 Å². The van der Waals surface area contributed by atoms with Crippen LogP contribution >= 0.6 is 0 Å². The molecule has 26 heavy (non-hydrogen) atoms. The summed E-state index contributed by atoms with van der Waals surface area (Å²) in [5.74, 6) is 0.516. The molecule has 0 radical (unpaired) electrons. The lowest BCUT2D eigenvalue weighted by Crippen LogP contribution is -2.23. The van der Waals surface area contributed by atoms with Gasteiger partial charge in [-0.2, -0.15) is 4.98 Å². The number of fused-ring (bicyclic) bond motifs is 1. The highest BCUT2D eigenvalue weighted by Crippen LogP contribution is 2.27. The van der Waals surface area contributed by atoms with E-state index < -0.39 is 5.69 Å². The average molecular weight is 346 g/mol. The number of hydrogen-bond acceptors (Lipinski definition) is 6. The Labute approximate surface area is 147 Å². The molecule has 3 N–H and O–H groups in total. The van der Waals surface area contributed by atoms with Crippen molar-refractivity contribution < 1.29 is 10.3 Å². The number of nitrogens with zero attached hydrogens (tertiary/aromatic N) is 3. The van der Waals surface area contributed by atoms with E-state index in [0.29, 0.717) is 15.9 Å². The van der Waals surface area contributed by atoms with Crippen LogP contribution in [0.1, 0.15) is 0 Å². The van der Waals surface area contributed by atoms with Crippen LogP contribution in [0, 0.1) is 0 Å². The summed E-state index contributed by atoms with van der Waals surface area (Å²) >= 11 is 0. The molecule has 2 heterocycles. The van der Waals surface area contributed by atoms with Crippen LogP contribution in [0.3, 0.4) is 0 Å². The molecule has 128 valence electrons. The van der Waals surface area contributed by atoms with Crippen molar-refractivity contribution in [2.45, 2.75) is 0 Å². The third-order valence-electron chi connectivity index (χ3n) is 3.96. The Hall–Kier alpha value is -3.87. The summed E-state index contributed by atoms with van der Waals surface area (Å²) in [5, 5.41) is 22.8. The van der Waals surface area contributed by atoms with Crippen molar-refractivity contribution >= 4 is 22.5 Å². The van der Waals surface area contributed by atoms with Gasteiger partial charge in [0.15, 0.2) is 5.65 Å². The average Bonchev–Trinajstić information content (AvgIpc) is 2.67. The van der Waals surface area contributed by atoms with Gasteiger partial charge in [-0.05, 0) is 47.5 Å². The lowest BCUT2D eigenvalue weighted by molar-refractivity contribution is 0.182. The Bertz CT molecular complexity index is 1150. The molecule has 0 aliphatic heterocycles. The first-order valence-corrected chi connectivity index (χ1v) is 7.85. The third-order valence-corrected chi connectivity index (χ3v) is 3.96. The molecule has 0 amide bonds. The molecule has 0 saturated heterocycles. The van der Waals surface area contributed by atoms with Crippen molar-refractivity contribution in [2.75, 3.05) is 5.32 Å². The summed E-state index contributed by atoms with van der Waals surface area (Å²) in [5.41, 5.74) is 1.92. The number of pyridine rings is 1. The van der Waals surface area contributed by atoms with E-state index >= 15 is 0 Å². The highest BCUT2D eigenvalue weighted by Gasteiger charge is 2.11. The van der Waals surface area contributed by atoms with E-state index in [2.05, 4.69) is 15.3 Å². The summed E-state index contributed by atoms with van der Waals surface area (Å²) in [6.45, 7) is 0. The largest absolute Gasteiger partial charge is 0.508 e. The van der Waals surface area contributed by atoms with Gasteiger partial charge in [0.05, 0.1) is 5.39 Å². The minimum Gasteiger partial charge on any atom is -0.508 e. The SMILES string of the molecule is O=c1nc(Nc2cccc(-c3ccc(O)cc3)c2)c2cccnc2n1O.